The maximum absolute atomic E-state index is 12.1. The number of thioether (sulfide) groups is 1. The maximum Gasteiger partial charge on any atom is 0.337 e. The van der Waals surface area contributed by atoms with E-state index >= 15 is 0 Å². The molecule has 5 heteroatoms. The molecule has 0 aliphatic carbocycles. The maximum atomic E-state index is 12.1. The molecule has 1 aromatic heterocycles. The summed E-state index contributed by atoms with van der Waals surface area (Å²) in [6.07, 6.45) is 2.99. The van der Waals surface area contributed by atoms with Gasteiger partial charge in [-0.3, -0.25) is 0 Å². The van der Waals surface area contributed by atoms with E-state index in [-0.39, 0.29) is 0 Å². The number of nitrogens with one attached hydrogen (secondary N) is 1. The van der Waals surface area contributed by atoms with Crippen molar-refractivity contribution in [3.8, 4) is 0 Å². The van der Waals surface area contributed by atoms with E-state index in [1.165, 1.54) is 32.7 Å². The first kappa shape index (κ1) is 24.1. The molecule has 3 rings (SSSR count). The highest BCUT2D eigenvalue weighted by atomic mass is 32.2. The molecule has 3 aromatic rings. The van der Waals surface area contributed by atoms with E-state index < -0.39 is 5.97 Å². The molecule has 2 aromatic carbocycles. The Morgan fingerprint density at radius 3 is 2.16 bits per heavy atom. The number of hydrogen-bond acceptors (Lipinski definition) is 3. The number of benzene rings is 2. The van der Waals surface area contributed by atoms with Gasteiger partial charge in [0.1, 0.15) is 0 Å². The molecule has 0 saturated carbocycles. The number of aromatic nitrogens is 1. The van der Waals surface area contributed by atoms with E-state index in [1.54, 1.807) is 11.8 Å². The first-order chi connectivity index (χ1) is 15.2. The first-order valence-corrected chi connectivity index (χ1v) is 12.3. The number of rotatable bonds is 9. The van der Waals surface area contributed by atoms with Crippen LogP contribution in [0.4, 0.5) is 0 Å². The molecule has 2 N–H and O–H groups in total. The molecule has 0 unspecified atom stereocenters. The van der Waals surface area contributed by atoms with Crippen LogP contribution in [0.1, 0.15) is 55.1 Å². The molecule has 4 nitrogen and oxygen atoms in total. The highest BCUT2D eigenvalue weighted by Crippen LogP contribution is 2.26. The Hall–Kier alpha value is -2.50. The summed E-state index contributed by atoms with van der Waals surface area (Å²) in [6, 6.07) is 13.0. The van der Waals surface area contributed by atoms with Gasteiger partial charge in [-0.15, -0.1) is 11.8 Å². The van der Waals surface area contributed by atoms with Gasteiger partial charge >= 0.3 is 5.97 Å². The number of carboxylic acids is 1. The standard InChI is InChI=1S/C27H34N2O2S/c1-17-13-18(2)25(19(3)14-17)16-29-20(4)24(26(21(29)5)27(30)31)15-28-12-11-22-7-9-23(32-6)10-8-22/h7-10,13-14,28H,11-12,15-16H2,1-6H3,(H,30,31). The lowest BCUT2D eigenvalue weighted by atomic mass is 9.99. The number of carboxylic acid groups (broad SMARTS) is 1. The Labute approximate surface area is 196 Å². The Bertz CT molecular complexity index is 1090. The third kappa shape index (κ3) is 5.28. The summed E-state index contributed by atoms with van der Waals surface area (Å²) in [5.41, 5.74) is 9.46. The summed E-state index contributed by atoms with van der Waals surface area (Å²) in [6.45, 7) is 12.4. The van der Waals surface area contributed by atoms with Crippen LogP contribution in [0.15, 0.2) is 41.3 Å². The van der Waals surface area contributed by atoms with E-state index in [2.05, 4.69) is 73.3 Å². The number of carbonyl (C=O) groups is 1. The van der Waals surface area contributed by atoms with Crippen LogP contribution in [-0.4, -0.2) is 28.4 Å². The van der Waals surface area contributed by atoms with E-state index in [0.717, 1.165) is 29.9 Å². The quantitative estimate of drug-likeness (QED) is 0.318. The SMILES string of the molecule is CSc1ccc(CCNCc2c(C(=O)O)c(C)n(Cc3c(C)cc(C)cc3C)c2C)cc1. The number of nitrogens with zero attached hydrogens (tertiary/aromatic N) is 1. The van der Waals surface area contributed by atoms with Crippen LogP contribution >= 0.6 is 11.8 Å². The Morgan fingerprint density at radius 1 is 0.969 bits per heavy atom. The van der Waals surface area contributed by atoms with Gasteiger partial charge in [-0.2, -0.15) is 0 Å². The number of hydrogen-bond donors (Lipinski definition) is 2. The van der Waals surface area contributed by atoms with Crippen molar-refractivity contribution in [2.24, 2.45) is 0 Å². The molecule has 0 saturated heterocycles. The second kappa shape index (κ2) is 10.4. The fourth-order valence-corrected chi connectivity index (χ4v) is 4.95. The van der Waals surface area contributed by atoms with Crippen molar-refractivity contribution >= 4 is 17.7 Å². The van der Waals surface area contributed by atoms with Crippen molar-refractivity contribution < 1.29 is 9.90 Å². The van der Waals surface area contributed by atoms with Crippen molar-refractivity contribution in [3.05, 3.63) is 86.7 Å². The van der Waals surface area contributed by atoms with Crippen molar-refractivity contribution in [2.75, 3.05) is 12.8 Å². The second-order valence-corrected chi connectivity index (χ2v) is 9.45. The average Bonchev–Trinajstić information content (AvgIpc) is 2.98. The van der Waals surface area contributed by atoms with Crippen LogP contribution in [-0.2, 0) is 19.5 Å². The molecule has 0 radical (unpaired) electrons. The summed E-state index contributed by atoms with van der Waals surface area (Å²) < 4.78 is 2.16. The Morgan fingerprint density at radius 2 is 1.59 bits per heavy atom. The van der Waals surface area contributed by atoms with E-state index in [1.807, 2.05) is 13.8 Å². The van der Waals surface area contributed by atoms with Gasteiger partial charge in [0.25, 0.3) is 0 Å². The van der Waals surface area contributed by atoms with Gasteiger partial charge in [0.15, 0.2) is 0 Å². The smallest absolute Gasteiger partial charge is 0.337 e. The van der Waals surface area contributed by atoms with E-state index in [9.17, 15) is 9.90 Å². The van der Waals surface area contributed by atoms with Crippen LogP contribution in [0.5, 0.6) is 0 Å². The predicted octanol–water partition coefficient (Wildman–Crippen LogP) is 5.83. The minimum Gasteiger partial charge on any atom is -0.478 e. The zero-order valence-corrected chi connectivity index (χ0v) is 20.8. The second-order valence-electron chi connectivity index (χ2n) is 8.57. The van der Waals surface area contributed by atoms with Crippen LogP contribution in [0.25, 0.3) is 0 Å². The summed E-state index contributed by atoms with van der Waals surface area (Å²) >= 11 is 1.74. The average molecular weight is 451 g/mol. The summed E-state index contributed by atoms with van der Waals surface area (Å²) in [7, 11) is 0. The predicted molar refractivity (Wildman–Crippen MR) is 134 cm³/mol. The third-order valence-corrected chi connectivity index (χ3v) is 7.08. The molecule has 0 aliphatic rings. The van der Waals surface area contributed by atoms with Crippen molar-refractivity contribution in [3.63, 3.8) is 0 Å². The van der Waals surface area contributed by atoms with Crippen molar-refractivity contribution in [2.45, 2.75) is 59.0 Å². The number of aromatic carboxylic acids is 1. The lowest BCUT2D eigenvalue weighted by molar-refractivity contribution is 0.0694. The fraction of sp³-hybridized carbons (Fsp3) is 0.370. The first-order valence-electron chi connectivity index (χ1n) is 11.0. The number of aryl methyl sites for hydroxylation is 3. The molecule has 170 valence electrons. The van der Waals surface area contributed by atoms with E-state index in [4.69, 9.17) is 0 Å². The van der Waals surface area contributed by atoms with Gasteiger partial charge in [-0.1, -0.05) is 29.8 Å². The molecule has 0 bridgehead atoms. The molecule has 32 heavy (non-hydrogen) atoms. The molecular formula is C27H34N2O2S. The fourth-order valence-electron chi connectivity index (χ4n) is 4.54. The molecule has 0 spiro atoms. The minimum atomic E-state index is -0.855. The largest absolute Gasteiger partial charge is 0.478 e. The topological polar surface area (TPSA) is 54.3 Å². The monoisotopic (exact) mass is 450 g/mol. The molecular weight excluding hydrogens is 416 g/mol. The molecule has 0 fully saturated rings. The van der Waals surface area contributed by atoms with Crippen LogP contribution in [0, 0.1) is 34.6 Å². The zero-order chi connectivity index (χ0) is 23.4. The Kier molecular flexibility index (Phi) is 7.86. The highest BCUT2D eigenvalue weighted by Gasteiger charge is 2.23. The van der Waals surface area contributed by atoms with Gasteiger partial charge < -0.3 is 15.0 Å². The summed E-state index contributed by atoms with van der Waals surface area (Å²) in [5, 5.41) is 13.4. The van der Waals surface area contributed by atoms with Crippen molar-refractivity contribution in [1.29, 1.82) is 0 Å². The molecule has 0 atom stereocenters. The van der Waals surface area contributed by atoms with E-state index in [0.29, 0.717) is 18.7 Å². The normalized spacial score (nSPS) is 11.2. The van der Waals surface area contributed by atoms with Gasteiger partial charge in [-0.05, 0) is 88.2 Å². The van der Waals surface area contributed by atoms with Crippen molar-refractivity contribution in [1.82, 2.24) is 9.88 Å². The summed E-state index contributed by atoms with van der Waals surface area (Å²) in [4.78, 5) is 13.4. The van der Waals surface area contributed by atoms with Crippen LogP contribution in [0.3, 0.4) is 0 Å². The van der Waals surface area contributed by atoms with Gasteiger partial charge in [0, 0.05) is 34.9 Å². The highest BCUT2D eigenvalue weighted by molar-refractivity contribution is 7.98. The van der Waals surface area contributed by atoms with Crippen LogP contribution < -0.4 is 5.32 Å². The molecule has 0 aliphatic heterocycles. The van der Waals surface area contributed by atoms with Gasteiger partial charge in [0.2, 0.25) is 0 Å². The lowest BCUT2D eigenvalue weighted by Crippen LogP contribution is -2.18. The molecule has 0 amide bonds. The Balaban J connectivity index is 1.78. The van der Waals surface area contributed by atoms with Gasteiger partial charge in [-0.25, -0.2) is 4.79 Å². The third-order valence-electron chi connectivity index (χ3n) is 6.33. The zero-order valence-electron chi connectivity index (χ0n) is 20.0. The minimum absolute atomic E-state index is 0.432. The molecule has 1 heterocycles. The van der Waals surface area contributed by atoms with Gasteiger partial charge in [0.05, 0.1) is 5.56 Å². The van der Waals surface area contributed by atoms with Crippen LogP contribution in [0.2, 0.25) is 0 Å². The summed E-state index contributed by atoms with van der Waals surface area (Å²) in [5.74, 6) is -0.855. The lowest BCUT2D eigenvalue weighted by Gasteiger charge is -2.16.